The van der Waals surface area contributed by atoms with Crippen molar-refractivity contribution in [3.05, 3.63) is 30.1 Å². The quantitative estimate of drug-likeness (QED) is 0.700. The van der Waals surface area contributed by atoms with Crippen molar-refractivity contribution in [3.63, 3.8) is 0 Å². The Bertz CT molecular complexity index is 213. The summed E-state index contributed by atoms with van der Waals surface area (Å²) >= 11 is 0. The maximum absolute atomic E-state index is 9.50. The summed E-state index contributed by atoms with van der Waals surface area (Å²) in [5, 5.41) is 18.0. The average molecular weight is 167 g/mol. The predicted octanol–water partition coefficient (Wildman–Crippen LogP) is 0.887. The fourth-order valence-electron chi connectivity index (χ4n) is 1.02. The second kappa shape index (κ2) is 4.85. The van der Waals surface area contributed by atoms with Crippen LogP contribution in [-0.4, -0.2) is 21.8 Å². The molecule has 1 aromatic heterocycles. The Morgan fingerprint density at radius 1 is 1.50 bits per heavy atom. The first kappa shape index (κ1) is 9.16. The van der Waals surface area contributed by atoms with E-state index < -0.39 is 6.10 Å². The van der Waals surface area contributed by atoms with Crippen LogP contribution >= 0.6 is 0 Å². The number of pyridine rings is 1. The van der Waals surface area contributed by atoms with Crippen LogP contribution in [-0.2, 0) is 0 Å². The summed E-state index contributed by atoms with van der Waals surface area (Å²) < 4.78 is 0. The molecule has 12 heavy (non-hydrogen) atoms. The molecule has 0 spiro atoms. The van der Waals surface area contributed by atoms with Gasteiger partial charge >= 0.3 is 0 Å². The Balaban J connectivity index is 2.48. The molecule has 66 valence electrons. The van der Waals surface area contributed by atoms with Crippen LogP contribution in [0.2, 0.25) is 0 Å². The third-order valence-electron chi connectivity index (χ3n) is 1.70. The standard InChI is InChI=1S/C9H13NO2/c11-6-2-4-9(12)8-3-1-5-10-7-8/h1,3,5,7,9,11-12H,2,4,6H2/t9-/m1/s1. The molecule has 2 N–H and O–H groups in total. The Labute approximate surface area is 71.7 Å². The van der Waals surface area contributed by atoms with Gasteiger partial charge in [-0.05, 0) is 24.5 Å². The molecule has 0 amide bonds. The topological polar surface area (TPSA) is 53.4 Å². The first-order valence-corrected chi connectivity index (χ1v) is 4.03. The second-order valence-corrected chi connectivity index (χ2v) is 2.67. The lowest BCUT2D eigenvalue weighted by Crippen LogP contribution is -1.98. The minimum absolute atomic E-state index is 0.122. The van der Waals surface area contributed by atoms with Crippen LogP contribution in [0, 0.1) is 0 Å². The van der Waals surface area contributed by atoms with Gasteiger partial charge in [-0.15, -0.1) is 0 Å². The molecule has 0 aromatic carbocycles. The number of aliphatic hydroxyl groups is 2. The zero-order valence-corrected chi connectivity index (χ0v) is 6.85. The number of hydrogen-bond acceptors (Lipinski definition) is 3. The highest BCUT2D eigenvalue weighted by molar-refractivity contribution is 5.11. The van der Waals surface area contributed by atoms with E-state index in [1.807, 2.05) is 6.07 Å². The minimum Gasteiger partial charge on any atom is -0.396 e. The summed E-state index contributed by atoms with van der Waals surface area (Å²) in [6.45, 7) is 0.122. The molecule has 0 fully saturated rings. The van der Waals surface area contributed by atoms with E-state index in [1.165, 1.54) is 0 Å². The molecular weight excluding hydrogens is 154 g/mol. The van der Waals surface area contributed by atoms with Crippen molar-refractivity contribution >= 4 is 0 Å². The third kappa shape index (κ3) is 2.60. The monoisotopic (exact) mass is 167 g/mol. The van der Waals surface area contributed by atoms with Crippen LogP contribution in [0.25, 0.3) is 0 Å². The van der Waals surface area contributed by atoms with Gasteiger partial charge in [0.25, 0.3) is 0 Å². The zero-order chi connectivity index (χ0) is 8.81. The number of nitrogens with zero attached hydrogens (tertiary/aromatic N) is 1. The van der Waals surface area contributed by atoms with Crippen molar-refractivity contribution in [2.24, 2.45) is 0 Å². The van der Waals surface area contributed by atoms with Crippen LogP contribution in [0.5, 0.6) is 0 Å². The van der Waals surface area contributed by atoms with Crippen molar-refractivity contribution in [3.8, 4) is 0 Å². The van der Waals surface area contributed by atoms with Crippen molar-refractivity contribution in [1.29, 1.82) is 0 Å². The Hall–Kier alpha value is -0.930. The summed E-state index contributed by atoms with van der Waals surface area (Å²) in [5.41, 5.74) is 0.811. The van der Waals surface area contributed by atoms with Gasteiger partial charge in [-0.25, -0.2) is 0 Å². The number of rotatable bonds is 4. The van der Waals surface area contributed by atoms with Crippen LogP contribution in [0.1, 0.15) is 24.5 Å². The van der Waals surface area contributed by atoms with E-state index in [1.54, 1.807) is 18.5 Å². The van der Waals surface area contributed by atoms with Gasteiger partial charge < -0.3 is 10.2 Å². The average Bonchev–Trinajstić information content (AvgIpc) is 2.15. The van der Waals surface area contributed by atoms with Gasteiger partial charge in [0.1, 0.15) is 0 Å². The van der Waals surface area contributed by atoms with E-state index in [0.29, 0.717) is 12.8 Å². The highest BCUT2D eigenvalue weighted by Gasteiger charge is 2.05. The maximum Gasteiger partial charge on any atom is 0.0805 e. The summed E-state index contributed by atoms with van der Waals surface area (Å²) in [6, 6.07) is 3.62. The lowest BCUT2D eigenvalue weighted by Gasteiger charge is -2.08. The van der Waals surface area contributed by atoms with Gasteiger partial charge in [0.2, 0.25) is 0 Å². The molecule has 1 rings (SSSR count). The van der Waals surface area contributed by atoms with Gasteiger partial charge in [-0.3, -0.25) is 4.98 Å². The van der Waals surface area contributed by atoms with Crippen molar-refractivity contribution < 1.29 is 10.2 Å². The Morgan fingerprint density at radius 3 is 2.92 bits per heavy atom. The Morgan fingerprint density at radius 2 is 2.33 bits per heavy atom. The maximum atomic E-state index is 9.50. The molecule has 0 saturated heterocycles. The van der Waals surface area contributed by atoms with Gasteiger partial charge in [-0.2, -0.15) is 0 Å². The third-order valence-corrected chi connectivity index (χ3v) is 1.70. The van der Waals surface area contributed by atoms with Gasteiger partial charge in [0.05, 0.1) is 6.10 Å². The van der Waals surface area contributed by atoms with Crippen LogP contribution < -0.4 is 0 Å². The highest BCUT2D eigenvalue weighted by Crippen LogP contribution is 2.15. The molecule has 0 radical (unpaired) electrons. The van der Waals surface area contributed by atoms with Gasteiger partial charge in [-0.1, -0.05) is 6.07 Å². The fraction of sp³-hybridized carbons (Fsp3) is 0.444. The largest absolute Gasteiger partial charge is 0.396 e. The second-order valence-electron chi connectivity index (χ2n) is 2.67. The van der Waals surface area contributed by atoms with E-state index in [-0.39, 0.29) is 6.61 Å². The van der Waals surface area contributed by atoms with Crippen molar-refractivity contribution in [2.45, 2.75) is 18.9 Å². The molecule has 0 aliphatic heterocycles. The lowest BCUT2D eigenvalue weighted by molar-refractivity contribution is 0.151. The van der Waals surface area contributed by atoms with Crippen LogP contribution in [0.15, 0.2) is 24.5 Å². The number of aromatic nitrogens is 1. The predicted molar refractivity (Wildman–Crippen MR) is 45.5 cm³/mol. The van der Waals surface area contributed by atoms with Crippen LogP contribution in [0.3, 0.4) is 0 Å². The van der Waals surface area contributed by atoms with E-state index in [4.69, 9.17) is 5.11 Å². The summed E-state index contributed by atoms with van der Waals surface area (Å²) in [4.78, 5) is 3.89. The van der Waals surface area contributed by atoms with E-state index in [2.05, 4.69) is 4.98 Å². The molecule has 0 aliphatic rings. The Kier molecular flexibility index (Phi) is 3.70. The zero-order valence-electron chi connectivity index (χ0n) is 6.85. The molecule has 0 unspecified atom stereocenters. The minimum atomic E-state index is -0.495. The SMILES string of the molecule is OCCC[C@@H](O)c1cccnc1. The van der Waals surface area contributed by atoms with E-state index >= 15 is 0 Å². The summed E-state index contributed by atoms with van der Waals surface area (Å²) in [5.74, 6) is 0. The van der Waals surface area contributed by atoms with E-state index in [0.717, 1.165) is 5.56 Å². The molecule has 3 heteroatoms. The molecule has 1 atom stereocenters. The van der Waals surface area contributed by atoms with Crippen LogP contribution in [0.4, 0.5) is 0 Å². The van der Waals surface area contributed by atoms with Gasteiger partial charge in [0, 0.05) is 19.0 Å². The summed E-state index contributed by atoms with van der Waals surface area (Å²) in [7, 11) is 0. The molecule has 0 bridgehead atoms. The molecule has 0 saturated carbocycles. The molecule has 0 aliphatic carbocycles. The lowest BCUT2D eigenvalue weighted by atomic mass is 10.1. The van der Waals surface area contributed by atoms with Gasteiger partial charge in [0.15, 0.2) is 0 Å². The molecule has 1 heterocycles. The molecular formula is C9H13NO2. The smallest absolute Gasteiger partial charge is 0.0805 e. The molecule has 3 nitrogen and oxygen atoms in total. The normalized spacial score (nSPS) is 12.8. The fourth-order valence-corrected chi connectivity index (χ4v) is 1.02. The summed E-state index contributed by atoms with van der Waals surface area (Å²) in [6.07, 6.45) is 4.02. The highest BCUT2D eigenvalue weighted by atomic mass is 16.3. The first-order valence-electron chi connectivity index (χ1n) is 4.03. The first-order chi connectivity index (χ1) is 5.84. The number of hydrogen-bond donors (Lipinski definition) is 2. The van der Waals surface area contributed by atoms with Crippen molar-refractivity contribution in [2.75, 3.05) is 6.61 Å². The van der Waals surface area contributed by atoms with Crippen molar-refractivity contribution in [1.82, 2.24) is 4.98 Å². The number of aliphatic hydroxyl groups excluding tert-OH is 2. The molecule has 1 aromatic rings. The van der Waals surface area contributed by atoms with E-state index in [9.17, 15) is 5.11 Å².